The fourth-order valence-corrected chi connectivity index (χ4v) is 3.88. The number of nitrogens with zero attached hydrogens (tertiary/aromatic N) is 5. The zero-order valence-electron chi connectivity index (χ0n) is 15.7. The van der Waals surface area contributed by atoms with E-state index in [0.29, 0.717) is 6.54 Å². The number of primary amides is 1. The van der Waals surface area contributed by atoms with Gasteiger partial charge in [0.1, 0.15) is 0 Å². The van der Waals surface area contributed by atoms with Gasteiger partial charge in [-0.2, -0.15) is 0 Å². The first-order valence-electron chi connectivity index (χ1n) is 9.60. The van der Waals surface area contributed by atoms with Crippen LogP contribution in [0.4, 0.5) is 0 Å². The molecule has 4 rings (SSSR count). The van der Waals surface area contributed by atoms with Gasteiger partial charge in [0.25, 0.3) is 0 Å². The van der Waals surface area contributed by atoms with Crippen molar-refractivity contribution in [1.82, 2.24) is 25.1 Å². The highest BCUT2D eigenvalue weighted by atomic mass is 16.1. The van der Waals surface area contributed by atoms with Crippen LogP contribution < -0.4 is 5.73 Å². The van der Waals surface area contributed by atoms with Crippen molar-refractivity contribution in [2.45, 2.75) is 25.4 Å². The molecule has 0 bridgehead atoms. The molecule has 2 N–H and O–H groups in total. The summed E-state index contributed by atoms with van der Waals surface area (Å²) in [6, 6.07) is 20.4. The number of tetrazole rings is 1. The van der Waals surface area contributed by atoms with Crippen LogP contribution in [0.1, 0.15) is 35.8 Å². The van der Waals surface area contributed by atoms with Gasteiger partial charge in [-0.25, -0.2) is 4.68 Å². The molecule has 144 valence electrons. The zero-order chi connectivity index (χ0) is 19.3. The maximum atomic E-state index is 11.6. The van der Waals surface area contributed by atoms with E-state index in [1.165, 1.54) is 0 Å². The van der Waals surface area contributed by atoms with Crippen LogP contribution in [-0.2, 0) is 11.3 Å². The minimum absolute atomic E-state index is 0.0482. The Bertz CT molecular complexity index is 903. The molecule has 1 fully saturated rings. The molecule has 0 unspecified atom stereocenters. The number of hydrogen-bond acceptors (Lipinski definition) is 5. The fraction of sp³-hybridized carbons (Fsp3) is 0.333. The topological polar surface area (TPSA) is 89.9 Å². The third kappa shape index (κ3) is 3.94. The highest BCUT2D eigenvalue weighted by molar-refractivity contribution is 5.76. The van der Waals surface area contributed by atoms with E-state index in [1.54, 1.807) is 0 Å². The molecule has 0 radical (unpaired) electrons. The van der Waals surface area contributed by atoms with Crippen molar-refractivity contribution in [3.05, 3.63) is 77.6 Å². The van der Waals surface area contributed by atoms with E-state index in [1.807, 2.05) is 41.1 Å². The van der Waals surface area contributed by atoms with Gasteiger partial charge in [-0.3, -0.25) is 9.69 Å². The van der Waals surface area contributed by atoms with Gasteiger partial charge in [0, 0.05) is 5.92 Å². The Morgan fingerprint density at radius 2 is 1.68 bits per heavy atom. The molecule has 1 saturated heterocycles. The Labute approximate surface area is 164 Å². The van der Waals surface area contributed by atoms with Crippen LogP contribution in [0.5, 0.6) is 0 Å². The number of rotatable bonds is 6. The molecule has 28 heavy (non-hydrogen) atoms. The Morgan fingerprint density at radius 1 is 1.04 bits per heavy atom. The lowest BCUT2D eigenvalue weighted by Crippen LogP contribution is -2.41. The highest BCUT2D eigenvalue weighted by Crippen LogP contribution is 2.31. The maximum Gasteiger partial charge on any atom is 0.220 e. The molecule has 2 heterocycles. The Balaban J connectivity index is 1.64. The van der Waals surface area contributed by atoms with Gasteiger partial charge >= 0.3 is 0 Å². The number of amides is 1. The summed E-state index contributed by atoms with van der Waals surface area (Å²) in [4.78, 5) is 13.9. The van der Waals surface area contributed by atoms with Crippen LogP contribution in [0, 0.1) is 5.92 Å². The predicted molar refractivity (Wildman–Crippen MR) is 105 cm³/mol. The van der Waals surface area contributed by atoms with Gasteiger partial charge in [0.15, 0.2) is 5.82 Å². The van der Waals surface area contributed by atoms with Gasteiger partial charge in [0.2, 0.25) is 5.91 Å². The predicted octanol–water partition coefficient (Wildman–Crippen LogP) is 2.01. The van der Waals surface area contributed by atoms with Crippen LogP contribution >= 0.6 is 0 Å². The van der Waals surface area contributed by atoms with Crippen LogP contribution in [0.25, 0.3) is 0 Å². The van der Waals surface area contributed by atoms with E-state index in [9.17, 15) is 4.79 Å². The van der Waals surface area contributed by atoms with Gasteiger partial charge in [-0.15, -0.1) is 5.10 Å². The second-order valence-corrected chi connectivity index (χ2v) is 7.21. The monoisotopic (exact) mass is 376 g/mol. The number of nitrogens with two attached hydrogens (primary N) is 1. The third-order valence-corrected chi connectivity index (χ3v) is 5.39. The summed E-state index contributed by atoms with van der Waals surface area (Å²) in [5.74, 6) is 0.561. The number of likely N-dealkylation sites (tertiary alicyclic amines) is 1. The summed E-state index contributed by atoms with van der Waals surface area (Å²) in [5.41, 5.74) is 7.80. The van der Waals surface area contributed by atoms with Crippen molar-refractivity contribution in [2.24, 2.45) is 11.7 Å². The molecule has 0 spiro atoms. The molecule has 7 nitrogen and oxygen atoms in total. The van der Waals surface area contributed by atoms with E-state index in [4.69, 9.17) is 5.73 Å². The molecule has 0 saturated carbocycles. The smallest absolute Gasteiger partial charge is 0.220 e. The normalized spacial score (nSPS) is 16.7. The lowest BCUT2D eigenvalue weighted by Gasteiger charge is -2.36. The molecule has 1 aromatic heterocycles. The van der Waals surface area contributed by atoms with Crippen molar-refractivity contribution < 1.29 is 4.79 Å². The number of carbonyl (C=O) groups is 1. The van der Waals surface area contributed by atoms with Crippen molar-refractivity contribution in [3.8, 4) is 0 Å². The third-order valence-electron chi connectivity index (χ3n) is 5.39. The quantitative estimate of drug-likeness (QED) is 0.711. The molecule has 2 aromatic carbocycles. The van der Waals surface area contributed by atoms with Gasteiger partial charge in [-0.1, -0.05) is 60.7 Å². The maximum absolute atomic E-state index is 11.6. The van der Waals surface area contributed by atoms with Crippen LogP contribution in [0.15, 0.2) is 60.7 Å². The molecule has 1 amide bonds. The largest absolute Gasteiger partial charge is 0.369 e. The first-order valence-corrected chi connectivity index (χ1v) is 9.60. The first-order chi connectivity index (χ1) is 13.7. The van der Waals surface area contributed by atoms with Gasteiger partial charge in [-0.05, 0) is 47.5 Å². The summed E-state index contributed by atoms with van der Waals surface area (Å²) in [6.07, 6.45) is 1.53. The molecule has 7 heteroatoms. The highest BCUT2D eigenvalue weighted by Gasteiger charge is 2.32. The molecular weight excluding hydrogens is 352 g/mol. The second-order valence-electron chi connectivity index (χ2n) is 7.21. The van der Waals surface area contributed by atoms with E-state index >= 15 is 0 Å². The van der Waals surface area contributed by atoms with Crippen LogP contribution in [0.3, 0.4) is 0 Å². The van der Waals surface area contributed by atoms with Gasteiger partial charge < -0.3 is 5.73 Å². The second kappa shape index (κ2) is 8.31. The molecule has 1 aliphatic heterocycles. The van der Waals surface area contributed by atoms with Gasteiger partial charge in [0.05, 0.1) is 12.6 Å². The minimum Gasteiger partial charge on any atom is -0.369 e. The van der Waals surface area contributed by atoms with E-state index in [-0.39, 0.29) is 17.9 Å². The minimum atomic E-state index is -0.204. The standard InChI is InChI=1S/C21H24N6O/c22-20(28)18-11-13-26(14-12-18)19(17-9-5-2-6-10-17)21-23-24-25-27(21)15-16-7-3-1-4-8-16/h1-10,18-19H,11-15H2,(H2,22,28)/t19-/m1/s1. The molecule has 0 aliphatic carbocycles. The first kappa shape index (κ1) is 18.3. The summed E-state index contributed by atoms with van der Waals surface area (Å²) in [7, 11) is 0. The summed E-state index contributed by atoms with van der Waals surface area (Å²) < 4.78 is 1.87. The van der Waals surface area contributed by atoms with Crippen LogP contribution in [-0.4, -0.2) is 44.1 Å². The Morgan fingerprint density at radius 3 is 2.32 bits per heavy atom. The van der Waals surface area contributed by atoms with Crippen molar-refractivity contribution >= 4 is 5.91 Å². The number of piperidine rings is 1. The Kier molecular flexibility index (Phi) is 5.43. The summed E-state index contributed by atoms with van der Waals surface area (Å²) in [6.45, 7) is 2.18. The van der Waals surface area contributed by atoms with E-state index in [0.717, 1.165) is 42.9 Å². The average molecular weight is 376 g/mol. The number of carbonyl (C=O) groups excluding carboxylic acids is 1. The molecule has 1 atom stereocenters. The van der Waals surface area contributed by atoms with Crippen molar-refractivity contribution in [3.63, 3.8) is 0 Å². The molecular formula is C21H24N6O. The van der Waals surface area contributed by atoms with Crippen molar-refractivity contribution in [1.29, 1.82) is 0 Å². The van der Waals surface area contributed by atoms with E-state index in [2.05, 4.69) is 44.7 Å². The SMILES string of the molecule is NC(=O)C1CCN([C@H](c2ccccc2)c2nnnn2Cc2ccccc2)CC1. The fourth-order valence-electron chi connectivity index (χ4n) is 3.88. The lowest BCUT2D eigenvalue weighted by molar-refractivity contribution is -0.123. The molecule has 1 aliphatic rings. The Hall–Kier alpha value is -3.06. The average Bonchev–Trinajstić information content (AvgIpc) is 3.18. The lowest BCUT2D eigenvalue weighted by atomic mass is 9.93. The summed E-state index contributed by atoms with van der Waals surface area (Å²) in [5, 5.41) is 12.6. The summed E-state index contributed by atoms with van der Waals surface area (Å²) >= 11 is 0. The van der Waals surface area contributed by atoms with Crippen LogP contribution in [0.2, 0.25) is 0 Å². The number of aromatic nitrogens is 4. The number of benzene rings is 2. The zero-order valence-corrected chi connectivity index (χ0v) is 15.7. The number of hydrogen-bond donors (Lipinski definition) is 1. The van der Waals surface area contributed by atoms with Crippen molar-refractivity contribution in [2.75, 3.05) is 13.1 Å². The molecule has 3 aromatic rings. The van der Waals surface area contributed by atoms with E-state index < -0.39 is 0 Å².